The highest BCUT2D eigenvalue weighted by Gasteiger charge is 2.22. The minimum absolute atomic E-state index is 0.494. The Morgan fingerprint density at radius 1 is 1.00 bits per heavy atom. The van der Waals surface area contributed by atoms with Crippen LogP contribution in [0, 0.1) is 20.8 Å². The van der Waals surface area contributed by atoms with E-state index in [1.54, 1.807) is 23.7 Å². The van der Waals surface area contributed by atoms with Gasteiger partial charge in [0.2, 0.25) is 0 Å². The third kappa shape index (κ3) is 3.11. The molecular weight excluding hydrogens is 366 g/mol. The Bertz CT molecular complexity index is 1120. The predicted octanol–water partition coefficient (Wildman–Crippen LogP) is 5.74. The van der Waals surface area contributed by atoms with Crippen LogP contribution in [-0.4, -0.2) is 24.6 Å². The van der Waals surface area contributed by atoms with E-state index < -0.39 is 0 Å². The molecule has 5 nitrogen and oxygen atoms in total. The van der Waals surface area contributed by atoms with Gasteiger partial charge in [-0.3, -0.25) is 4.98 Å². The van der Waals surface area contributed by atoms with Crippen molar-refractivity contribution < 1.29 is 0 Å². The standard InChI is InChI=1S/C22H25N5S/c1-6-16(7-2)18-12-13(3)26-27-19(14(4)24-21(18)27)20-15(5)25-22(28-20)17-8-10-23-11-9-17/h8-12,16H,6-7H2,1-5H3. The smallest absolute Gasteiger partial charge is 0.158 e. The molecule has 0 aliphatic heterocycles. The minimum Gasteiger partial charge on any atom is -0.265 e. The van der Waals surface area contributed by atoms with Crippen LogP contribution in [0.25, 0.3) is 26.8 Å². The fourth-order valence-electron chi connectivity index (χ4n) is 3.80. The highest BCUT2D eigenvalue weighted by atomic mass is 32.1. The van der Waals surface area contributed by atoms with E-state index in [0.29, 0.717) is 5.92 Å². The van der Waals surface area contributed by atoms with E-state index in [1.165, 1.54) is 5.56 Å². The fourth-order valence-corrected chi connectivity index (χ4v) is 4.96. The van der Waals surface area contributed by atoms with Crippen LogP contribution in [0.5, 0.6) is 0 Å². The third-order valence-corrected chi connectivity index (χ3v) is 6.49. The van der Waals surface area contributed by atoms with Crippen LogP contribution in [0.4, 0.5) is 0 Å². The van der Waals surface area contributed by atoms with Crippen molar-refractivity contribution in [1.82, 2.24) is 24.6 Å². The Balaban J connectivity index is 1.93. The summed E-state index contributed by atoms with van der Waals surface area (Å²) in [6, 6.07) is 6.19. The van der Waals surface area contributed by atoms with Crippen molar-refractivity contribution >= 4 is 17.0 Å². The minimum atomic E-state index is 0.494. The van der Waals surface area contributed by atoms with Crippen LogP contribution >= 0.6 is 11.3 Å². The molecule has 0 aromatic carbocycles. The van der Waals surface area contributed by atoms with Crippen molar-refractivity contribution in [2.24, 2.45) is 0 Å². The van der Waals surface area contributed by atoms with Gasteiger partial charge in [-0.2, -0.15) is 5.10 Å². The van der Waals surface area contributed by atoms with E-state index in [2.05, 4.69) is 45.7 Å². The molecular formula is C22H25N5S. The molecule has 0 aliphatic rings. The number of fused-ring (bicyclic) bond motifs is 1. The molecule has 4 rings (SSSR count). The number of rotatable bonds is 5. The van der Waals surface area contributed by atoms with Gasteiger partial charge in [-0.1, -0.05) is 13.8 Å². The molecule has 4 heterocycles. The molecule has 0 amide bonds. The molecule has 0 radical (unpaired) electrons. The Labute approximate surface area is 169 Å². The lowest BCUT2D eigenvalue weighted by molar-refractivity contribution is 0.638. The summed E-state index contributed by atoms with van der Waals surface area (Å²) in [5.41, 5.74) is 7.44. The summed E-state index contributed by atoms with van der Waals surface area (Å²) < 4.78 is 2.04. The number of pyridine rings is 1. The van der Waals surface area contributed by atoms with Crippen LogP contribution in [-0.2, 0) is 0 Å². The molecule has 0 N–H and O–H groups in total. The number of aryl methyl sites for hydroxylation is 3. The molecule has 0 atom stereocenters. The summed E-state index contributed by atoms with van der Waals surface area (Å²) >= 11 is 1.69. The largest absolute Gasteiger partial charge is 0.265 e. The lowest BCUT2D eigenvalue weighted by Gasteiger charge is -2.14. The van der Waals surface area contributed by atoms with Crippen LogP contribution in [0.15, 0.2) is 30.6 Å². The maximum Gasteiger partial charge on any atom is 0.158 e. The maximum absolute atomic E-state index is 4.94. The first-order valence-electron chi connectivity index (χ1n) is 9.78. The van der Waals surface area contributed by atoms with E-state index in [4.69, 9.17) is 15.1 Å². The highest BCUT2D eigenvalue weighted by molar-refractivity contribution is 7.18. The number of aromatic nitrogens is 5. The molecule has 0 spiro atoms. The summed E-state index contributed by atoms with van der Waals surface area (Å²) in [6.07, 6.45) is 5.81. The first-order valence-corrected chi connectivity index (χ1v) is 10.6. The molecule has 4 aromatic heterocycles. The Morgan fingerprint density at radius 3 is 2.39 bits per heavy atom. The van der Waals surface area contributed by atoms with Gasteiger partial charge in [-0.05, 0) is 57.7 Å². The average molecular weight is 392 g/mol. The summed E-state index contributed by atoms with van der Waals surface area (Å²) in [6.45, 7) is 10.7. The predicted molar refractivity (Wildman–Crippen MR) is 115 cm³/mol. The van der Waals surface area contributed by atoms with Crippen molar-refractivity contribution in [3.8, 4) is 21.1 Å². The van der Waals surface area contributed by atoms with Crippen molar-refractivity contribution in [2.45, 2.75) is 53.4 Å². The molecule has 0 fully saturated rings. The molecule has 0 bridgehead atoms. The van der Waals surface area contributed by atoms with Crippen molar-refractivity contribution in [3.63, 3.8) is 0 Å². The molecule has 4 aromatic rings. The quantitative estimate of drug-likeness (QED) is 0.435. The first-order chi connectivity index (χ1) is 13.5. The second-order valence-corrected chi connectivity index (χ2v) is 8.20. The van der Waals surface area contributed by atoms with Gasteiger partial charge in [-0.25, -0.2) is 14.5 Å². The number of nitrogens with zero attached hydrogens (tertiary/aromatic N) is 5. The number of hydrogen-bond donors (Lipinski definition) is 0. The lowest BCUT2D eigenvalue weighted by atomic mass is 9.95. The topological polar surface area (TPSA) is 56.0 Å². The molecule has 6 heteroatoms. The molecule has 0 saturated carbocycles. The molecule has 144 valence electrons. The first kappa shape index (κ1) is 18.7. The van der Waals surface area contributed by atoms with Gasteiger partial charge in [0.15, 0.2) is 5.65 Å². The zero-order valence-corrected chi connectivity index (χ0v) is 17.8. The summed E-state index contributed by atoms with van der Waals surface area (Å²) in [4.78, 5) is 15.0. The van der Waals surface area contributed by atoms with E-state index >= 15 is 0 Å². The van der Waals surface area contributed by atoms with E-state index in [9.17, 15) is 0 Å². The van der Waals surface area contributed by atoms with E-state index in [0.717, 1.165) is 56.7 Å². The molecule has 0 aliphatic carbocycles. The second-order valence-electron chi connectivity index (χ2n) is 7.21. The van der Waals surface area contributed by atoms with Crippen molar-refractivity contribution in [3.05, 3.63) is 53.2 Å². The summed E-state index contributed by atoms with van der Waals surface area (Å²) in [5, 5.41) is 5.83. The molecule has 0 saturated heterocycles. The van der Waals surface area contributed by atoms with Gasteiger partial charge in [0.1, 0.15) is 10.7 Å². The van der Waals surface area contributed by atoms with Crippen LogP contribution in [0.2, 0.25) is 0 Å². The van der Waals surface area contributed by atoms with Crippen molar-refractivity contribution in [2.75, 3.05) is 0 Å². The average Bonchev–Trinajstić information content (AvgIpc) is 3.22. The second kappa shape index (κ2) is 7.43. The maximum atomic E-state index is 4.94. The van der Waals surface area contributed by atoms with Gasteiger partial charge in [0.05, 0.1) is 22.0 Å². The third-order valence-electron chi connectivity index (χ3n) is 5.27. The van der Waals surface area contributed by atoms with Crippen molar-refractivity contribution in [1.29, 1.82) is 0 Å². The number of thiazole rings is 1. The molecule has 28 heavy (non-hydrogen) atoms. The van der Waals surface area contributed by atoms with Gasteiger partial charge in [0, 0.05) is 23.5 Å². The number of hydrogen-bond acceptors (Lipinski definition) is 5. The van der Waals surface area contributed by atoms with Gasteiger partial charge in [-0.15, -0.1) is 11.3 Å². The van der Waals surface area contributed by atoms with Gasteiger partial charge >= 0.3 is 0 Å². The van der Waals surface area contributed by atoms with Crippen LogP contribution in [0.1, 0.15) is 55.3 Å². The Kier molecular flexibility index (Phi) is 4.98. The van der Waals surface area contributed by atoms with Gasteiger partial charge in [0.25, 0.3) is 0 Å². The summed E-state index contributed by atoms with van der Waals surface area (Å²) in [7, 11) is 0. The summed E-state index contributed by atoms with van der Waals surface area (Å²) in [5.74, 6) is 0.494. The SMILES string of the molecule is CCC(CC)c1cc(C)nn2c(-c3sc(-c4ccncc4)nc3C)c(C)nc12. The van der Waals surface area contributed by atoms with Crippen LogP contribution < -0.4 is 0 Å². The van der Waals surface area contributed by atoms with Crippen LogP contribution in [0.3, 0.4) is 0 Å². The monoisotopic (exact) mass is 391 g/mol. The van der Waals surface area contributed by atoms with E-state index in [1.807, 2.05) is 16.6 Å². The Morgan fingerprint density at radius 2 is 1.71 bits per heavy atom. The lowest BCUT2D eigenvalue weighted by Crippen LogP contribution is -2.05. The zero-order valence-electron chi connectivity index (χ0n) is 17.0. The highest BCUT2D eigenvalue weighted by Crippen LogP contribution is 2.38. The Hall–Kier alpha value is -2.60. The number of imidazole rings is 1. The van der Waals surface area contributed by atoms with E-state index in [-0.39, 0.29) is 0 Å². The normalized spacial score (nSPS) is 11.6. The fraction of sp³-hybridized carbons (Fsp3) is 0.364. The molecule has 0 unspecified atom stereocenters. The zero-order chi connectivity index (χ0) is 19.8. The van der Waals surface area contributed by atoms with Gasteiger partial charge < -0.3 is 0 Å².